The van der Waals surface area contributed by atoms with Crippen molar-refractivity contribution >= 4 is 23.6 Å². The highest BCUT2D eigenvalue weighted by atomic mass is 16.6. The Bertz CT molecular complexity index is 1490. The van der Waals surface area contributed by atoms with E-state index >= 15 is 0 Å². The molecule has 0 aromatic heterocycles. The second-order valence-electron chi connectivity index (χ2n) is 10.9. The Balaban J connectivity index is 2.11. The lowest BCUT2D eigenvalue weighted by atomic mass is 9.96. The van der Waals surface area contributed by atoms with Crippen LogP contribution in [-0.2, 0) is 20.7 Å². The number of carbonyl (C=O) groups is 3. The van der Waals surface area contributed by atoms with Crippen molar-refractivity contribution in [1.29, 1.82) is 5.26 Å². The van der Waals surface area contributed by atoms with Crippen LogP contribution in [0.25, 0.3) is 0 Å². The summed E-state index contributed by atoms with van der Waals surface area (Å²) in [7, 11) is 0. The van der Waals surface area contributed by atoms with E-state index in [-0.39, 0.29) is 6.42 Å². The van der Waals surface area contributed by atoms with Gasteiger partial charge in [-0.1, -0.05) is 72.7 Å². The third-order valence-corrected chi connectivity index (χ3v) is 6.50. The van der Waals surface area contributed by atoms with Gasteiger partial charge in [-0.15, -0.1) is 6.42 Å². The van der Waals surface area contributed by atoms with Crippen molar-refractivity contribution in [2.45, 2.75) is 58.7 Å². The van der Waals surface area contributed by atoms with Crippen molar-refractivity contribution < 1.29 is 19.1 Å². The summed E-state index contributed by atoms with van der Waals surface area (Å²) < 4.78 is 5.44. The van der Waals surface area contributed by atoms with E-state index in [1.807, 2.05) is 68.4 Å². The van der Waals surface area contributed by atoms with Gasteiger partial charge in [0, 0.05) is 17.7 Å². The Hall–Kier alpha value is -5.08. The lowest BCUT2D eigenvalue weighted by molar-refractivity contribution is -0.140. The molecule has 0 heterocycles. The van der Waals surface area contributed by atoms with E-state index < -0.39 is 42.1 Å². The van der Waals surface area contributed by atoms with Gasteiger partial charge in [0.25, 0.3) is 5.91 Å². The third-order valence-electron chi connectivity index (χ3n) is 6.50. The van der Waals surface area contributed by atoms with Gasteiger partial charge in [-0.2, -0.15) is 5.26 Å². The molecule has 3 amide bonds. The number of anilines is 1. The third kappa shape index (κ3) is 8.22. The SMILES string of the molecule is C#Cc1ccccc1C(C(=O)Nc1c(C)cccc1C)N(CC#N)C(=O)C(Cc1ccccc1)NC(=O)OC(C)(C)C. The molecular weight excluding hydrogens is 528 g/mol. The van der Waals surface area contributed by atoms with E-state index in [1.54, 1.807) is 45.0 Å². The quantitative estimate of drug-likeness (QED) is 0.265. The van der Waals surface area contributed by atoms with Crippen molar-refractivity contribution in [2.24, 2.45) is 0 Å². The summed E-state index contributed by atoms with van der Waals surface area (Å²) in [6.07, 6.45) is 5.11. The summed E-state index contributed by atoms with van der Waals surface area (Å²) in [5.74, 6) is 1.40. The summed E-state index contributed by atoms with van der Waals surface area (Å²) in [5.41, 5.74) is 3.00. The van der Waals surface area contributed by atoms with Gasteiger partial charge in [-0.05, 0) is 62.9 Å². The molecule has 8 nitrogen and oxygen atoms in total. The van der Waals surface area contributed by atoms with Crippen molar-refractivity contribution in [3.8, 4) is 18.4 Å². The van der Waals surface area contributed by atoms with E-state index in [1.165, 1.54) is 0 Å². The molecule has 0 fully saturated rings. The molecule has 3 rings (SSSR count). The lowest BCUT2D eigenvalue weighted by Gasteiger charge is -2.33. The Labute approximate surface area is 247 Å². The molecule has 3 aromatic rings. The fraction of sp³-hybridized carbons (Fsp3) is 0.294. The Kier molecular flexibility index (Phi) is 10.5. The predicted octanol–water partition coefficient (Wildman–Crippen LogP) is 5.45. The van der Waals surface area contributed by atoms with Gasteiger partial charge in [-0.25, -0.2) is 4.79 Å². The maximum Gasteiger partial charge on any atom is 0.408 e. The molecular formula is C34H36N4O4. The number of nitriles is 1. The number of terminal acetylenes is 1. The number of benzene rings is 3. The highest BCUT2D eigenvalue weighted by molar-refractivity contribution is 6.00. The highest BCUT2D eigenvalue weighted by Gasteiger charge is 2.37. The number of carbonyl (C=O) groups excluding carboxylic acids is 3. The molecule has 0 aliphatic heterocycles. The largest absolute Gasteiger partial charge is 0.444 e. The van der Waals surface area contributed by atoms with Crippen LogP contribution in [0, 0.1) is 37.5 Å². The number of nitrogens with zero attached hydrogens (tertiary/aromatic N) is 2. The monoisotopic (exact) mass is 564 g/mol. The average Bonchev–Trinajstić information content (AvgIpc) is 2.94. The van der Waals surface area contributed by atoms with Crippen molar-refractivity contribution in [1.82, 2.24) is 10.2 Å². The van der Waals surface area contributed by atoms with Crippen LogP contribution in [0.3, 0.4) is 0 Å². The fourth-order valence-electron chi connectivity index (χ4n) is 4.59. The van der Waals surface area contributed by atoms with E-state index in [0.29, 0.717) is 16.8 Å². The fourth-order valence-corrected chi connectivity index (χ4v) is 4.59. The minimum Gasteiger partial charge on any atom is -0.444 e. The lowest BCUT2D eigenvalue weighted by Crippen LogP contribution is -2.53. The first-order chi connectivity index (χ1) is 19.9. The van der Waals surface area contributed by atoms with Crippen LogP contribution in [0.5, 0.6) is 0 Å². The van der Waals surface area contributed by atoms with E-state index in [0.717, 1.165) is 21.6 Å². The average molecular weight is 565 g/mol. The van der Waals surface area contributed by atoms with Crippen LogP contribution < -0.4 is 10.6 Å². The topological polar surface area (TPSA) is 112 Å². The van der Waals surface area contributed by atoms with Crippen molar-refractivity contribution in [3.05, 3.63) is 101 Å². The first-order valence-corrected chi connectivity index (χ1v) is 13.6. The number of para-hydroxylation sites is 1. The standard InChI is InChI=1S/C34H36N4O4/c1-7-26-18-11-12-19-27(26)30(31(39)37-29-23(2)14-13-15-24(29)3)38(21-20-35)32(40)28(22-25-16-9-8-10-17-25)36-33(41)42-34(4,5)6/h1,8-19,28,30H,21-22H2,2-6H3,(H,36,41)(H,37,39). The second kappa shape index (κ2) is 14.0. The van der Waals surface area contributed by atoms with Crippen LogP contribution in [0.1, 0.15) is 54.6 Å². The van der Waals surface area contributed by atoms with Crippen LogP contribution in [-0.4, -0.2) is 41.0 Å². The Morgan fingerprint density at radius 1 is 0.952 bits per heavy atom. The van der Waals surface area contributed by atoms with Gasteiger partial charge < -0.3 is 20.3 Å². The second-order valence-corrected chi connectivity index (χ2v) is 10.9. The minimum absolute atomic E-state index is 0.100. The Morgan fingerprint density at radius 2 is 1.57 bits per heavy atom. The molecule has 8 heteroatoms. The molecule has 0 saturated heterocycles. The van der Waals surface area contributed by atoms with Crippen LogP contribution in [0.2, 0.25) is 0 Å². The molecule has 3 aromatic carbocycles. The van der Waals surface area contributed by atoms with E-state index in [4.69, 9.17) is 11.2 Å². The van der Waals surface area contributed by atoms with Crippen LogP contribution in [0.4, 0.5) is 10.5 Å². The molecule has 42 heavy (non-hydrogen) atoms. The zero-order valence-corrected chi connectivity index (χ0v) is 24.6. The molecule has 0 radical (unpaired) electrons. The maximum absolute atomic E-state index is 14.3. The summed E-state index contributed by atoms with van der Waals surface area (Å²) >= 11 is 0. The molecule has 0 saturated carbocycles. The van der Waals surface area contributed by atoms with E-state index in [2.05, 4.69) is 16.6 Å². The highest BCUT2D eigenvalue weighted by Crippen LogP contribution is 2.29. The number of nitrogens with one attached hydrogen (secondary N) is 2. The summed E-state index contributed by atoms with van der Waals surface area (Å²) in [4.78, 5) is 42.4. The van der Waals surface area contributed by atoms with Crippen molar-refractivity contribution in [3.63, 3.8) is 0 Å². The predicted molar refractivity (Wildman–Crippen MR) is 162 cm³/mol. The minimum atomic E-state index is -1.28. The van der Waals surface area contributed by atoms with Crippen LogP contribution in [0.15, 0.2) is 72.8 Å². The van der Waals surface area contributed by atoms with Gasteiger partial charge in [0.2, 0.25) is 5.91 Å². The molecule has 2 atom stereocenters. The maximum atomic E-state index is 14.3. The van der Waals surface area contributed by atoms with Gasteiger partial charge in [0.15, 0.2) is 0 Å². The molecule has 216 valence electrons. The summed E-state index contributed by atoms with van der Waals surface area (Å²) in [6, 6.07) is 21.1. The normalized spacial score (nSPS) is 12.2. The van der Waals surface area contributed by atoms with Gasteiger partial charge >= 0.3 is 6.09 Å². The number of hydrogen-bond acceptors (Lipinski definition) is 5. The number of rotatable bonds is 9. The number of amides is 3. The number of alkyl carbamates (subject to hydrolysis) is 1. The number of aryl methyl sites for hydroxylation is 2. The molecule has 2 N–H and O–H groups in total. The Morgan fingerprint density at radius 3 is 2.17 bits per heavy atom. The first-order valence-electron chi connectivity index (χ1n) is 13.6. The first kappa shape index (κ1) is 31.4. The summed E-state index contributed by atoms with van der Waals surface area (Å²) in [5, 5.41) is 15.5. The zero-order chi connectivity index (χ0) is 30.9. The van der Waals surface area contributed by atoms with Crippen LogP contribution >= 0.6 is 0 Å². The molecule has 0 bridgehead atoms. The van der Waals surface area contributed by atoms with Gasteiger partial charge in [0.1, 0.15) is 24.2 Å². The smallest absolute Gasteiger partial charge is 0.408 e. The molecule has 0 aliphatic rings. The van der Waals surface area contributed by atoms with Crippen molar-refractivity contribution in [2.75, 3.05) is 11.9 Å². The number of ether oxygens (including phenoxy) is 1. The van der Waals surface area contributed by atoms with E-state index in [9.17, 15) is 19.6 Å². The zero-order valence-electron chi connectivity index (χ0n) is 24.6. The molecule has 2 unspecified atom stereocenters. The molecule has 0 spiro atoms. The van der Waals surface area contributed by atoms with Gasteiger partial charge in [-0.3, -0.25) is 9.59 Å². The summed E-state index contributed by atoms with van der Waals surface area (Å²) in [6.45, 7) is 8.44. The number of hydrogen-bond donors (Lipinski definition) is 2. The van der Waals surface area contributed by atoms with Gasteiger partial charge in [0.05, 0.1) is 6.07 Å². The molecule has 0 aliphatic carbocycles.